The van der Waals surface area contributed by atoms with Crippen molar-refractivity contribution in [2.24, 2.45) is 17.3 Å². The summed E-state index contributed by atoms with van der Waals surface area (Å²) in [6.07, 6.45) is 4.10. The van der Waals surface area contributed by atoms with Crippen LogP contribution in [0.1, 0.15) is 46.5 Å². The summed E-state index contributed by atoms with van der Waals surface area (Å²) in [5.41, 5.74) is 0.0985. The first-order chi connectivity index (χ1) is 9.44. The molecule has 1 fully saturated rings. The normalized spacial score (nSPS) is 21.5. The third kappa shape index (κ3) is 6.71. The quantitative estimate of drug-likeness (QED) is 0.718. The fourth-order valence-electron chi connectivity index (χ4n) is 2.70. The molecule has 1 heterocycles. The van der Waals surface area contributed by atoms with Gasteiger partial charge in [0.25, 0.3) is 0 Å². The number of rotatable bonds is 8. The molecule has 0 saturated carbocycles. The lowest BCUT2D eigenvalue weighted by atomic mass is 9.85. The molecule has 0 aromatic heterocycles. The first-order valence-corrected chi connectivity index (χ1v) is 7.91. The van der Waals surface area contributed by atoms with Gasteiger partial charge in [0.05, 0.1) is 0 Å². The van der Waals surface area contributed by atoms with Gasteiger partial charge in [-0.3, -0.25) is 4.79 Å². The van der Waals surface area contributed by atoms with Crippen molar-refractivity contribution < 1.29 is 9.53 Å². The molecule has 1 aliphatic rings. The molecule has 1 rings (SSSR count). The van der Waals surface area contributed by atoms with E-state index in [2.05, 4.69) is 31.4 Å². The van der Waals surface area contributed by atoms with E-state index >= 15 is 0 Å². The van der Waals surface area contributed by atoms with Gasteiger partial charge in [-0.05, 0) is 49.6 Å². The van der Waals surface area contributed by atoms with E-state index in [-0.39, 0.29) is 11.3 Å². The molecule has 0 radical (unpaired) electrons. The van der Waals surface area contributed by atoms with Crippen molar-refractivity contribution in [3.05, 3.63) is 0 Å². The van der Waals surface area contributed by atoms with Crippen LogP contribution in [0.4, 0.5) is 0 Å². The summed E-state index contributed by atoms with van der Waals surface area (Å²) in [6.45, 7) is 10.2. The Labute approximate surface area is 124 Å². The van der Waals surface area contributed by atoms with Crippen molar-refractivity contribution in [2.75, 3.05) is 33.4 Å². The van der Waals surface area contributed by atoms with Crippen LogP contribution in [0, 0.1) is 17.3 Å². The van der Waals surface area contributed by atoms with Gasteiger partial charge in [0.15, 0.2) is 0 Å². The van der Waals surface area contributed by atoms with Crippen LogP contribution in [0.3, 0.4) is 0 Å². The summed E-state index contributed by atoms with van der Waals surface area (Å²) in [4.78, 5) is 12.1. The Balaban J connectivity index is 2.25. The lowest BCUT2D eigenvalue weighted by Gasteiger charge is -2.29. The highest BCUT2D eigenvalue weighted by Gasteiger charge is 2.23. The molecule has 0 spiro atoms. The Kier molecular flexibility index (Phi) is 7.52. The highest BCUT2D eigenvalue weighted by Crippen LogP contribution is 2.23. The SMILES string of the molecule is COCCC(C)(C)CNC(=O)CC(C)C1CCCNC1. The van der Waals surface area contributed by atoms with Gasteiger partial charge in [0.2, 0.25) is 5.91 Å². The predicted octanol–water partition coefficient (Wildman–Crippen LogP) is 2.19. The molecular weight excluding hydrogens is 252 g/mol. The molecule has 1 aliphatic heterocycles. The molecule has 0 bridgehead atoms. The van der Waals surface area contributed by atoms with Crippen LogP contribution >= 0.6 is 0 Å². The highest BCUT2D eigenvalue weighted by molar-refractivity contribution is 5.76. The maximum atomic E-state index is 12.1. The zero-order chi connectivity index (χ0) is 15.0. The first kappa shape index (κ1) is 17.4. The molecule has 0 aromatic carbocycles. The van der Waals surface area contributed by atoms with Crippen LogP contribution in [0.2, 0.25) is 0 Å². The average molecular weight is 284 g/mol. The molecule has 1 saturated heterocycles. The predicted molar refractivity (Wildman–Crippen MR) is 82.7 cm³/mol. The zero-order valence-corrected chi connectivity index (χ0v) is 13.6. The molecule has 2 atom stereocenters. The number of ether oxygens (including phenoxy) is 1. The molecular formula is C16H32N2O2. The fourth-order valence-corrected chi connectivity index (χ4v) is 2.70. The summed E-state index contributed by atoms with van der Waals surface area (Å²) in [5.74, 6) is 1.30. The van der Waals surface area contributed by atoms with E-state index in [1.807, 2.05) is 0 Å². The van der Waals surface area contributed by atoms with Crippen LogP contribution in [0.25, 0.3) is 0 Å². The minimum absolute atomic E-state index is 0.0985. The lowest BCUT2D eigenvalue weighted by Crippen LogP contribution is -2.38. The molecule has 20 heavy (non-hydrogen) atoms. The van der Waals surface area contributed by atoms with E-state index < -0.39 is 0 Å². The van der Waals surface area contributed by atoms with Crippen molar-refractivity contribution in [1.29, 1.82) is 0 Å². The van der Waals surface area contributed by atoms with Crippen molar-refractivity contribution in [3.63, 3.8) is 0 Å². The van der Waals surface area contributed by atoms with Gasteiger partial charge in [-0.2, -0.15) is 0 Å². The topological polar surface area (TPSA) is 50.4 Å². The van der Waals surface area contributed by atoms with E-state index in [1.165, 1.54) is 12.8 Å². The van der Waals surface area contributed by atoms with Gasteiger partial charge < -0.3 is 15.4 Å². The van der Waals surface area contributed by atoms with Gasteiger partial charge >= 0.3 is 0 Å². The van der Waals surface area contributed by atoms with E-state index in [9.17, 15) is 4.79 Å². The Morgan fingerprint density at radius 3 is 2.85 bits per heavy atom. The zero-order valence-electron chi connectivity index (χ0n) is 13.6. The van der Waals surface area contributed by atoms with E-state index in [0.717, 1.165) is 32.7 Å². The molecule has 4 nitrogen and oxygen atoms in total. The number of carbonyl (C=O) groups is 1. The summed E-state index contributed by atoms with van der Waals surface area (Å²) in [5, 5.41) is 6.51. The summed E-state index contributed by atoms with van der Waals surface area (Å²) in [7, 11) is 1.72. The lowest BCUT2D eigenvalue weighted by molar-refractivity contribution is -0.122. The fraction of sp³-hybridized carbons (Fsp3) is 0.938. The van der Waals surface area contributed by atoms with Crippen LogP contribution in [-0.2, 0) is 9.53 Å². The van der Waals surface area contributed by atoms with Gasteiger partial charge in [-0.15, -0.1) is 0 Å². The largest absolute Gasteiger partial charge is 0.385 e. The van der Waals surface area contributed by atoms with Crippen LogP contribution < -0.4 is 10.6 Å². The minimum Gasteiger partial charge on any atom is -0.385 e. The molecule has 4 heteroatoms. The third-order valence-corrected chi connectivity index (χ3v) is 4.39. The van der Waals surface area contributed by atoms with E-state index in [4.69, 9.17) is 4.74 Å². The molecule has 0 aliphatic carbocycles. The van der Waals surface area contributed by atoms with E-state index in [0.29, 0.717) is 18.3 Å². The number of hydrogen-bond acceptors (Lipinski definition) is 3. The van der Waals surface area contributed by atoms with Crippen LogP contribution in [0.5, 0.6) is 0 Å². The van der Waals surface area contributed by atoms with Crippen LogP contribution in [0.15, 0.2) is 0 Å². The Morgan fingerprint density at radius 2 is 2.25 bits per heavy atom. The number of hydrogen-bond donors (Lipinski definition) is 2. The monoisotopic (exact) mass is 284 g/mol. The molecule has 118 valence electrons. The van der Waals surface area contributed by atoms with Crippen molar-refractivity contribution in [2.45, 2.75) is 46.5 Å². The Bertz CT molecular complexity index is 286. The molecule has 1 amide bonds. The van der Waals surface area contributed by atoms with Gasteiger partial charge in [0, 0.05) is 26.7 Å². The maximum Gasteiger partial charge on any atom is 0.220 e. The third-order valence-electron chi connectivity index (χ3n) is 4.39. The second kappa shape index (κ2) is 8.63. The van der Waals surface area contributed by atoms with Gasteiger partial charge in [-0.25, -0.2) is 0 Å². The summed E-state index contributed by atoms with van der Waals surface area (Å²) >= 11 is 0. The minimum atomic E-state index is 0.0985. The number of piperidine rings is 1. The number of amides is 1. The number of nitrogens with one attached hydrogen (secondary N) is 2. The van der Waals surface area contributed by atoms with Gasteiger partial charge in [-0.1, -0.05) is 20.8 Å². The maximum absolute atomic E-state index is 12.1. The molecule has 2 unspecified atom stereocenters. The van der Waals surface area contributed by atoms with Crippen molar-refractivity contribution in [3.8, 4) is 0 Å². The van der Waals surface area contributed by atoms with Crippen molar-refractivity contribution >= 4 is 5.91 Å². The second-order valence-electron chi connectivity index (χ2n) is 6.97. The molecule has 2 N–H and O–H groups in total. The first-order valence-electron chi connectivity index (χ1n) is 7.91. The average Bonchev–Trinajstić information content (AvgIpc) is 2.44. The summed E-state index contributed by atoms with van der Waals surface area (Å²) in [6, 6.07) is 0. The smallest absolute Gasteiger partial charge is 0.220 e. The Hall–Kier alpha value is -0.610. The highest BCUT2D eigenvalue weighted by atomic mass is 16.5. The van der Waals surface area contributed by atoms with Crippen LogP contribution in [-0.4, -0.2) is 39.3 Å². The molecule has 0 aromatic rings. The summed E-state index contributed by atoms with van der Waals surface area (Å²) < 4.78 is 5.11. The number of carbonyl (C=O) groups excluding carboxylic acids is 1. The standard InChI is InChI=1S/C16H32N2O2/c1-13(14-6-5-8-17-11-14)10-15(19)18-12-16(2,3)7-9-20-4/h13-14,17H,5-12H2,1-4H3,(H,18,19). The number of methoxy groups -OCH3 is 1. The van der Waals surface area contributed by atoms with Gasteiger partial charge in [0.1, 0.15) is 0 Å². The van der Waals surface area contributed by atoms with Crippen molar-refractivity contribution in [1.82, 2.24) is 10.6 Å². The van der Waals surface area contributed by atoms with E-state index in [1.54, 1.807) is 7.11 Å². The Morgan fingerprint density at radius 1 is 1.50 bits per heavy atom. The second-order valence-corrected chi connectivity index (χ2v) is 6.97.